The quantitative estimate of drug-likeness (QED) is 0.914. The van der Waals surface area contributed by atoms with Crippen molar-refractivity contribution in [2.45, 2.75) is 13.0 Å². The molecule has 1 aromatic carbocycles. The van der Waals surface area contributed by atoms with Crippen molar-refractivity contribution in [3.63, 3.8) is 0 Å². The molecule has 2 rings (SSSR count). The van der Waals surface area contributed by atoms with E-state index in [1.807, 2.05) is 24.3 Å². The SMILES string of the molecule is OCCc1nnc(COc2ccccc2Br)o1. The molecule has 0 aliphatic heterocycles. The summed E-state index contributed by atoms with van der Waals surface area (Å²) in [5, 5.41) is 16.3. The van der Waals surface area contributed by atoms with Crippen molar-refractivity contribution in [1.29, 1.82) is 0 Å². The van der Waals surface area contributed by atoms with Crippen molar-refractivity contribution in [1.82, 2.24) is 10.2 Å². The van der Waals surface area contributed by atoms with Crippen LogP contribution < -0.4 is 4.74 Å². The third kappa shape index (κ3) is 3.28. The van der Waals surface area contributed by atoms with Gasteiger partial charge < -0.3 is 14.3 Å². The number of aliphatic hydroxyl groups is 1. The fourth-order valence-electron chi connectivity index (χ4n) is 1.24. The Morgan fingerprint density at radius 2 is 2.00 bits per heavy atom. The van der Waals surface area contributed by atoms with E-state index in [0.717, 1.165) is 10.2 Å². The molecule has 0 fully saturated rings. The van der Waals surface area contributed by atoms with E-state index >= 15 is 0 Å². The van der Waals surface area contributed by atoms with Crippen LogP contribution in [0.15, 0.2) is 33.2 Å². The summed E-state index contributed by atoms with van der Waals surface area (Å²) in [4.78, 5) is 0. The Balaban J connectivity index is 1.95. The second-order valence-electron chi connectivity index (χ2n) is 3.28. The first-order valence-electron chi connectivity index (χ1n) is 5.09. The number of ether oxygens (including phenoxy) is 1. The first-order valence-corrected chi connectivity index (χ1v) is 5.88. The van der Waals surface area contributed by atoms with Gasteiger partial charge in [0.1, 0.15) is 5.75 Å². The molecule has 2 aromatic rings. The lowest BCUT2D eigenvalue weighted by Crippen LogP contribution is -1.96. The number of benzene rings is 1. The number of aliphatic hydroxyl groups excluding tert-OH is 1. The number of hydrogen-bond acceptors (Lipinski definition) is 5. The third-order valence-electron chi connectivity index (χ3n) is 2.02. The highest BCUT2D eigenvalue weighted by Crippen LogP contribution is 2.24. The average Bonchev–Trinajstić information content (AvgIpc) is 2.76. The maximum atomic E-state index is 8.71. The third-order valence-corrected chi connectivity index (χ3v) is 2.68. The standard InChI is InChI=1S/C11H11BrN2O3/c12-8-3-1-2-4-9(8)16-7-11-14-13-10(17-11)5-6-15/h1-4,15H,5-7H2. The van der Waals surface area contributed by atoms with Gasteiger partial charge >= 0.3 is 0 Å². The van der Waals surface area contributed by atoms with Crippen LogP contribution in [0.5, 0.6) is 5.75 Å². The van der Waals surface area contributed by atoms with E-state index in [0.29, 0.717) is 18.2 Å². The largest absolute Gasteiger partial charge is 0.483 e. The second-order valence-corrected chi connectivity index (χ2v) is 4.14. The Bertz CT molecular complexity index is 487. The molecule has 0 bridgehead atoms. The molecule has 5 nitrogen and oxygen atoms in total. The van der Waals surface area contributed by atoms with E-state index in [4.69, 9.17) is 14.3 Å². The van der Waals surface area contributed by atoms with Crippen LogP contribution in [0.25, 0.3) is 0 Å². The summed E-state index contributed by atoms with van der Waals surface area (Å²) >= 11 is 3.38. The molecule has 0 unspecified atom stereocenters. The minimum Gasteiger partial charge on any atom is -0.483 e. The van der Waals surface area contributed by atoms with Crippen molar-refractivity contribution in [2.24, 2.45) is 0 Å². The highest BCUT2D eigenvalue weighted by atomic mass is 79.9. The van der Waals surface area contributed by atoms with Gasteiger partial charge in [-0.05, 0) is 28.1 Å². The van der Waals surface area contributed by atoms with E-state index < -0.39 is 0 Å². The fourth-order valence-corrected chi connectivity index (χ4v) is 1.64. The molecule has 1 heterocycles. The Hall–Kier alpha value is -1.40. The number of hydrogen-bond donors (Lipinski definition) is 1. The minimum atomic E-state index is -0.00722. The first-order chi connectivity index (χ1) is 8.29. The summed E-state index contributed by atoms with van der Waals surface area (Å²) in [6.45, 7) is 0.202. The Kier molecular flexibility index (Phi) is 4.11. The first kappa shape index (κ1) is 12.1. The zero-order valence-electron chi connectivity index (χ0n) is 8.97. The van der Waals surface area contributed by atoms with Gasteiger partial charge in [-0.15, -0.1) is 10.2 Å². The number of para-hydroxylation sites is 1. The molecule has 0 atom stereocenters. The number of rotatable bonds is 5. The Morgan fingerprint density at radius 1 is 1.24 bits per heavy atom. The average molecular weight is 299 g/mol. The maximum absolute atomic E-state index is 8.71. The monoisotopic (exact) mass is 298 g/mol. The lowest BCUT2D eigenvalue weighted by atomic mass is 10.3. The molecule has 90 valence electrons. The van der Waals surface area contributed by atoms with E-state index in [-0.39, 0.29) is 13.2 Å². The van der Waals surface area contributed by atoms with Gasteiger partial charge in [-0.3, -0.25) is 0 Å². The Morgan fingerprint density at radius 3 is 2.76 bits per heavy atom. The van der Waals surface area contributed by atoms with Crippen LogP contribution in [0.3, 0.4) is 0 Å². The predicted octanol–water partition coefficient (Wildman–Crippen LogP) is 1.95. The van der Waals surface area contributed by atoms with Crippen molar-refractivity contribution in [3.8, 4) is 5.75 Å². The van der Waals surface area contributed by atoms with Crippen molar-refractivity contribution in [3.05, 3.63) is 40.5 Å². The Labute approximate surface area is 107 Å². The molecule has 0 aliphatic rings. The molecule has 0 saturated heterocycles. The molecule has 0 radical (unpaired) electrons. The van der Waals surface area contributed by atoms with Crippen LogP contribution in [0.2, 0.25) is 0 Å². The minimum absolute atomic E-state index is 0.00722. The van der Waals surface area contributed by atoms with Gasteiger partial charge in [-0.25, -0.2) is 0 Å². The summed E-state index contributed by atoms with van der Waals surface area (Å²) in [5.41, 5.74) is 0. The summed E-state index contributed by atoms with van der Waals surface area (Å²) < 4.78 is 11.6. The van der Waals surface area contributed by atoms with Crippen LogP contribution in [0.1, 0.15) is 11.8 Å². The molecular formula is C11H11BrN2O3. The van der Waals surface area contributed by atoms with E-state index in [2.05, 4.69) is 26.1 Å². The zero-order chi connectivity index (χ0) is 12.1. The molecule has 0 amide bonds. The van der Waals surface area contributed by atoms with Crippen LogP contribution in [-0.2, 0) is 13.0 Å². The number of halogens is 1. The van der Waals surface area contributed by atoms with Crippen LogP contribution in [0, 0.1) is 0 Å². The molecule has 17 heavy (non-hydrogen) atoms. The van der Waals surface area contributed by atoms with Crippen LogP contribution in [0.4, 0.5) is 0 Å². The summed E-state index contributed by atoms with van der Waals surface area (Å²) in [6.07, 6.45) is 0.363. The smallest absolute Gasteiger partial charge is 0.253 e. The summed E-state index contributed by atoms with van der Waals surface area (Å²) in [7, 11) is 0. The van der Waals surface area contributed by atoms with E-state index in [1.54, 1.807) is 0 Å². The maximum Gasteiger partial charge on any atom is 0.253 e. The number of nitrogens with zero attached hydrogens (tertiary/aromatic N) is 2. The van der Waals surface area contributed by atoms with Gasteiger partial charge in [-0.2, -0.15) is 0 Å². The van der Waals surface area contributed by atoms with Crippen molar-refractivity contribution in [2.75, 3.05) is 6.61 Å². The van der Waals surface area contributed by atoms with Crippen molar-refractivity contribution >= 4 is 15.9 Å². The molecular weight excluding hydrogens is 288 g/mol. The van der Waals surface area contributed by atoms with Crippen molar-refractivity contribution < 1.29 is 14.3 Å². The van der Waals surface area contributed by atoms with E-state index in [9.17, 15) is 0 Å². The highest BCUT2D eigenvalue weighted by molar-refractivity contribution is 9.10. The summed E-state index contributed by atoms with van der Waals surface area (Å²) in [6, 6.07) is 7.52. The number of aromatic nitrogens is 2. The zero-order valence-corrected chi connectivity index (χ0v) is 10.6. The van der Waals surface area contributed by atoms with E-state index in [1.165, 1.54) is 0 Å². The summed E-state index contributed by atoms with van der Waals surface area (Å²) in [5.74, 6) is 1.52. The molecule has 6 heteroatoms. The van der Waals surface area contributed by atoms with Gasteiger partial charge in [0.2, 0.25) is 5.89 Å². The lowest BCUT2D eigenvalue weighted by molar-refractivity contribution is 0.249. The van der Waals surface area contributed by atoms with Gasteiger partial charge in [-0.1, -0.05) is 12.1 Å². The van der Waals surface area contributed by atoms with Gasteiger partial charge in [0.25, 0.3) is 5.89 Å². The molecule has 0 spiro atoms. The van der Waals surface area contributed by atoms with Crippen LogP contribution >= 0.6 is 15.9 Å². The fraction of sp³-hybridized carbons (Fsp3) is 0.273. The van der Waals surface area contributed by atoms with Gasteiger partial charge in [0.05, 0.1) is 11.1 Å². The lowest BCUT2D eigenvalue weighted by Gasteiger charge is -2.04. The van der Waals surface area contributed by atoms with Crippen LogP contribution in [-0.4, -0.2) is 21.9 Å². The molecule has 0 saturated carbocycles. The molecule has 1 N–H and O–H groups in total. The molecule has 1 aromatic heterocycles. The highest BCUT2D eigenvalue weighted by Gasteiger charge is 2.07. The second kappa shape index (κ2) is 5.79. The molecule has 0 aliphatic carbocycles. The van der Waals surface area contributed by atoms with Gasteiger partial charge in [0.15, 0.2) is 6.61 Å². The topological polar surface area (TPSA) is 68.4 Å². The van der Waals surface area contributed by atoms with Gasteiger partial charge in [0, 0.05) is 6.42 Å². The normalized spacial score (nSPS) is 10.5. The predicted molar refractivity (Wildman–Crippen MR) is 63.6 cm³/mol.